The van der Waals surface area contributed by atoms with Gasteiger partial charge in [0.25, 0.3) is 0 Å². The Morgan fingerprint density at radius 2 is 2.25 bits per heavy atom. The van der Waals surface area contributed by atoms with Gasteiger partial charge in [-0.15, -0.1) is 0 Å². The van der Waals surface area contributed by atoms with Crippen molar-refractivity contribution in [3.8, 4) is 0 Å². The Bertz CT molecular complexity index is 685. The summed E-state index contributed by atoms with van der Waals surface area (Å²) in [6.45, 7) is 6.50. The SMILES string of the molecule is CCN(c1cccc(C)c1)c1ncnc(NCC2CCCO2)c1N. The maximum absolute atomic E-state index is 6.35. The molecule has 1 aliphatic rings. The maximum atomic E-state index is 6.35. The van der Waals surface area contributed by atoms with E-state index < -0.39 is 0 Å². The summed E-state index contributed by atoms with van der Waals surface area (Å²) >= 11 is 0. The molecule has 128 valence electrons. The number of ether oxygens (including phenoxy) is 1. The van der Waals surface area contributed by atoms with E-state index >= 15 is 0 Å². The van der Waals surface area contributed by atoms with Crippen LogP contribution in [0.1, 0.15) is 25.3 Å². The van der Waals surface area contributed by atoms with E-state index in [9.17, 15) is 0 Å². The molecule has 1 aliphatic heterocycles. The standard InChI is InChI=1S/C18H25N5O/c1-3-23(14-7-4-6-13(2)10-14)18-16(19)17(21-12-22-18)20-11-15-8-5-9-24-15/h4,6-7,10,12,15H,3,5,8-9,11,19H2,1-2H3,(H,20,21,22). The lowest BCUT2D eigenvalue weighted by Gasteiger charge is -2.24. The molecule has 1 unspecified atom stereocenters. The van der Waals surface area contributed by atoms with E-state index in [0.717, 1.165) is 44.0 Å². The predicted molar refractivity (Wildman–Crippen MR) is 97.8 cm³/mol. The maximum Gasteiger partial charge on any atom is 0.161 e. The largest absolute Gasteiger partial charge is 0.393 e. The highest BCUT2D eigenvalue weighted by Gasteiger charge is 2.18. The van der Waals surface area contributed by atoms with Gasteiger partial charge >= 0.3 is 0 Å². The number of hydrogen-bond donors (Lipinski definition) is 2. The summed E-state index contributed by atoms with van der Waals surface area (Å²) in [4.78, 5) is 10.8. The molecule has 0 radical (unpaired) electrons. The highest BCUT2D eigenvalue weighted by atomic mass is 16.5. The van der Waals surface area contributed by atoms with Crippen LogP contribution >= 0.6 is 0 Å². The van der Waals surface area contributed by atoms with Gasteiger partial charge in [-0.2, -0.15) is 0 Å². The zero-order chi connectivity index (χ0) is 16.9. The summed E-state index contributed by atoms with van der Waals surface area (Å²) < 4.78 is 5.64. The molecule has 3 N–H and O–H groups in total. The molecule has 0 spiro atoms. The number of nitrogens with one attached hydrogen (secondary N) is 1. The van der Waals surface area contributed by atoms with Crippen LogP contribution in [0.5, 0.6) is 0 Å². The summed E-state index contributed by atoms with van der Waals surface area (Å²) in [6.07, 6.45) is 3.99. The van der Waals surface area contributed by atoms with Crippen LogP contribution in [0, 0.1) is 6.92 Å². The Morgan fingerprint density at radius 3 is 2.96 bits per heavy atom. The van der Waals surface area contributed by atoms with Crippen molar-refractivity contribution < 1.29 is 4.74 Å². The Hall–Kier alpha value is -2.34. The van der Waals surface area contributed by atoms with Gasteiger partial charge in [-0.1, -0.05) is 12.1 Å². The van der Waals surface area contributed by atoms with Crippen LogP contribution in [-0.4, -0.2) is 35.8 Å². The highest BCUT2D eigenvalue weighted by molar-refractivity contribution is 5.79. The summed E-state index contributed by atoms with van der Waals surface area (Å²) in [5.74, 6) is 1.40. The fourth-order valence-corrected chi connectivity index (χ4v) is 3.01. The van der Waals surface area contributed by atoms with E-state index in [2.05, 4.69) is 52.2 Å². The van der Waals surface area contributed by atoms with Gasteiger partial charge in [0.05, 0.1) is 6.10 Å². The Kier molecular flexibility index (Phi) is 5.15. The van der Waals surface area contributed by atoms with Crippen LogP contribution in [0.4, 0.5) is 23.0 Å². The fraction of sp³-hybridized carbons (Fsp3) is 0.444. The Balaban J connectivity index is 1.82. The molecular weight excluding hydrogens is 302 g/mol. The number of nitrogens with zero attached hydrogens (tertiary/aromatic N) is 3. The quantitative estimate of drug-likeness (QED) is 0.849. The van der Waals surface area contributed by atoms with Crippen molar-refractivity contribution in [3.05, 3.63) is 36.2 Å². The molecule has 6 nitrogen and oxygen atoms in total. The number of nitrogen functional groups attached to an aromatic ring is 1. The molecule has 0 amide bonds. The van der Waals surface area contributed by atoms with Crippen molar-refractivity contribution in [3.63, 3.8) is 0 Å². The van der Waals surface area contributed by atoms with Gasteiger partial charge in [0.2, 0.25) is 0 Å². The molecule has 2 heterocycles. The molecule has 2 aromatic rings. The third kappa shape index (κ3) is 3.59. The normalized spacial score (nSPS) is 17.0. The van der Waals surface area contributed by atoms with Gasteiger partial charge in [0, 0.05) is 25.4 Å². The van der Waals surface area contributed by atoms with Crippen molar-refractivity contribution in [1.82, 2.24) is 9.97 Å². The molecule has 6 heteroatoms. The zero-order valence-corrected chi connectivity index (χ0v) is 14.3. The van der Waals surface area contributed by atoms with Gasteiger partial charge in [-0.3, -0.25) is 0 Å². The van der Waals surface area contributed by atoms with Crippen molar-refractivity contribution in [2.75, 3.05) is 35.6 Å². The summed E-state index contributed by atoms with van der Waals surface area (Å²) in [6, 6.07) is 8.32. The van der Waals surface area contributed by atoms with Crippen molar-refractivity contribution in [2.24, 2.45) is 0 Å². The Labute approximate surface area is 143 Å². The lowest BCUT2D eigenvalue weighted by atomic mass is 10.2. The zero-order valence-electron chi connectivity index (χ0n) is 14.3. The van der Waals surface area contributed by atoms with E-state index in [4.69, 9.17) is 10.5 Å². The summed E-state index contributed by atoms with van der Waals surface area (Å²) in [5.41, 5.74) is 9.20. The molecular formula is C18H25N5O. The first-order valence-corrected chi connectivity index (χ1v) is 8.49. The number of hydrogen-bond acceptors (Lipinski definition) is 6. The molecule has 0 aliphatic carbocycles. The second-order valence-electron chi connectivity index (χ2n) is 6.06. The second-order valence-corrected chi connectivity index (χ2v) is 6.06. The third-order valence-corrected chi connectivity index (χ3v) is 4.27. The molecule has 3 rings (SSSR count). The number of rotatable bonds is 6. The van der Waals surface area contributed by atoms with E-state index in [0.29, 0.717) is 11.5 Å². The van der Waals surface area contributed by atoms with E-state index in [-0.39, 0.29) is 6.10 Å². The summed E-state index contributed by atoms with van der Waals surface area (Å²) in [7, 11) is 0. The topological polar surface area (TPSA) is 76.3 Å². The van der Waals surface area contributed by atoms with Crippen LogP contribution in [0.3, 0.4) is 0 Å². The average Bonchev–Trinajstić information content (AvgIpc) is 3.09. The molecule has 1 saturated heterocycles. The predicted octanol–water partition coefficient (Wildman–Crippen LogP) is 3.12. The van der Waals surface area contributed by atoms with Crippen LogP contribution in [0.2, 0.25) is 0 Å². The molecule has 0 bridgehead atoms. The van der Waals surface area contributed by atoms with E-state index in [1.54, 1.807) is 6.33 Å². The minimum absolute atomic E-state index is 0.238. The Morgan fingerprint density at radius 1 is 1.38 bits per heavy atom. The first kappa shape index (κ1) is 16.5. The van der Waals surface area contributed by atoms with Crippen LogP contribution in [0.15, 0.2) is 30.6 Å². The smallest absolute Gasteiger partial charge is 0.161 e. The second kappa shape index (κ2) is 7.49. The third-order valence-electron chi connectivity index (χ3n) is 4.27. The lowest BCUT2D eigenvalue weighted by Crippen LogP contribution is -2.22. The molecule has 0 saturated carbocycles. The average molecular weight is 327 g/mol. The fourth-order valence-electron chi connectivity index (χ4n) is 3.01. The van der Waals surface area contributed by atoms with Gasteiger partial charge in [0.1, 0.15) is 12.0 Å². The van der Waals surface area contributed by atoms with Gasteiger partial charge in [0.15, 0.2) is 11.6 Å². The van der Waals surface area contributed by atoms with Crippen molar-refractivity contribution in [2.45, 2.75) is 32.8 Å². The molecule has 1 atom stereocenters. The monoisotopic (exact) mass is 327 g/mol. The lowest BCUT2D eigenvalue weighted by molar-refractivity contribution is 0.120. The summed E-state index contributed by atoms with van der Waals surface area (Å²) in [5, 5.41) is 3.31. The van der Waals surface area contributed by atoms with E-state index in [1.807, 2.05) is 6.07 Å². The van der Waals surface area contributed by atoms with Gasteiger partial charge in [-0.05, 0) is 44.4 Å². The minimum atomic E-state index is 0.238. The van der Waals surface area contributed by atoms with Crippen molar-refractivity contribution in [1.29, 1.82) is 0 Å². The highest BCUT2D eigenvalue weighted by Crippen LogP contribution is 2.32. The molecule has 24 heavy (non-hydrogen) atoms. The van der Waals surface area contributed by atoms with Gasteiger partial charge in [-0.25, -0.2) is 9.97 Å². The van der Waals surface area contributed by atoms with Crippen LogP contribution < -0.4 is 16.0 Å². The number of aromatic nitrogens is 2. The number of anilines is 4. The molecule has 1 aromatic heterocycles. The number of benzene rings is 1. The van der Waals surface area contributed by atoms with E-state index in [1.165, 1.54) is 5.56 Å². The molecule has 1 fully saturated rings. The van der Waals surface area contributed by atoms with Crippen LogP contribution in [-0.2, 0) is 4.74 Å². The van der Waals surface area contributed by atoms with Crippen LogP contribution in [0.25, 0.3) is 0 Å². The number of aryl methyl sites for hydroxylation is 1. The minimum Gasteiger partial charge on any atom is -0.393 e. The molecule has 1 aromatic carbocycles. The first-order chi connectivity index (χ1) is 11.7. The van der Waals surface area contributed by atoms with Gasteiger partial charge < -0.3 is 20.7 Å². The number of nitrogens with two attached hydrogens (primary N) is 1. The van der Waals surface area contributed by atoms with Crippen molar-refractivity contribution >= 4 is 23.0 Å². The first-order valence-electron chi connectivity index (χ1n) is 8.49.